The van der Waals surface area contributed by atoms with Gasteiger partial charge in [0.1, 0.15) is 17.7 Å². The lowest BCUT2D eigenvalue weighted by Crippen LogP contribution is -2.44. The number of fused-ring (bicyclic) bond motifs is 1. The minimum absolute atomic E-state index is 0.0267. The number of carbonyl (C=O) groups excluding carboxylic acids is 1. The molecule has 1 aromatic heterocycles. The van der Waals surface area contributed by atoms with E-state index in [4.69, 9.17) is 4.74 Å². The second-order valence-electron chi connectivity index (χ2n) is 10.6. The van der Waals surface area contributed by atoms with E-state index in [2.05, 4.69) is 43.3 Å². The molecule has 6 heteroatoms. The molecular weight excluding hydrogens is 453 g/mol. The normalized spacial score (nSPS) is 13.4. The smallest absolute Gasteiger partial charge is 0.225 e. The summed E-state index contributed by atoms with van der Waals surface area (Å²) < 4.78 is 21.7. The SMILES string of the molecule is Cc1cc(C)c([C@H](Oc2ccc3c(cnn3-c3ccc(F)cc3)c2)[C@H](C)NC(=O)C(C)(C)C)cc1C. The van der Waals surface area contributed by atoms with Crippen LogP contribution in [0, 0.1) is 32.0 Å². The molecule has 0 saturated heterocycles. The van der Waals surface area contributed by atoms with Crippen LogP contribution < -0.4 is 10.1 Å². The van der Waals surface area contributed by atoms with Crippen molar-refractivity contribution in [2.45, 2.75) is 60.6 Å². The number of nitrogens with zero attached hydrogens (tertiary/aromatic N) is 2. The lowest BCUT2D eigenvalue weighted by atomic mass is 9.92. The van der Waals surface area contributed by atoms with Crippen molar-refractivity contribution in [2.75, 3.05) is 0 Å². The summed E-state index contributed by atoms with van der Waals surface area (Å²) in [6.07, 6.45) is 1.38. The van der Waals surface area contributed by atoms with Crippen LogP contribution >= 0.6 is 0 Å². The lowest BCUT2D eigenvalue weighted by molar-refractivity contribution is -0.129. The first kappa shape index (κ1) is 25.4. The third-order valence-electron chi connectivity index (χ3n) is 6.56. The number of amides is 1. The Morgan fingerprint density at radius 1 is 0.972 bits per heavy atom. The van der Waals surface area contributed by atoms with E-state index < -0.39 is 5.41 Å². The summed E-state index contributed by atoms with van der Waals surface area (Å²) in [6, 6.07) is 16.1. The standard InChI is InChI=1S/C30H34FN3O2/c1-18-14-20(3)26(15-19(18)2)28(21(4)33-29(35)30(5,6)7)36-25-12-13-27-22(16-25)17-32-34(27)24-10-8-23(31)9-11-24/h8-17,21,28H,1-7H3,(H,33,35)/t21-,28+/m0/s1. The molecule has 0 bridgehead atoms. The van der Waals surface area contributed by atoms with Crippen molar-refractivity contribution < 1.29 is 13.9 Å². The van der Waals surface area contributed by atoms with Gasteiger partial charge in [-0.1, -0.05) is 32.9 Å². The fraction of sp³-hybridized carbons (Fsp3) is 0.333. The van der Waals surface area contributed by atoms with Crippen molar-refractivity contribution in [1.82, 2.24) is 15.1 Å². The maximum atomic E-state index is 13.4. The average molecular weight is 488 g/mol. The van der Waals surface area contributed by atoms with Crippen molar-refractivity contribution >= 4 is 16.8 Å². The summed E-state index contributed by atoms with van der Waals surface area (Å²) in [6.45, 7) is 13.9. The van der Waals surface area contributed by atoms with Gasteiger partial charge in [0.25, 0.3) is 0 Å². The molecule has 188 valence electrons. The number of benzene rings is 3. The third kappa shape index (κ3) is 5.27. The molecular formula is C30H34FN3O2. The highest BCUT2D eigenvalue weighted by atomic mass is 19.1. The highest BCUT2D eigenvalue weighted by Crippen LogP contribution is 2.32. The predicted octanol–water partition coefficient (Wildman–Crippen LogP) is 6.76. The van der Waals surface area contributed by atoms with Crippen LogP contribution in [-0.2, 0) is 4.79 Å². The zero-order valence-corrected chi connectivity index (χ0v) is 22.0. The fourth-order valence-electron chi connectivity index (χ4n) is 4.24. The van der Waals surface area contributed by atoms with E-state index in [9.17, 15) is 9.18 Å². The van der Waals surface area contributed by atoms with Crippen molar-refractivity contribution in [3.8, 4) is 11.4 Å². The molecule has 3 aromatic carbocycles. The molecule has 5 nitrogen and oxygen atoms in total. The van der Waals surface area contributed by atoms with Gasteiger partial charge in [-0.15, -0.1) is 0 Å². The number of hydrogen-bond acceptors (Lipinski definition) is 3. The quantitative estimate of drug-likeness (QED) is 0.327. The number of aromatic nitrogens is 2. The Hall–Kier alpha value is -3.67. The number of rotatable bonds is 6. The Bertz CT molecular complexity index is 1400. The minimum Gasteiger partial charge on any atom is -0.484 e. The number of ether oxygens (including phenoxy) is 1. The van der Waals surface area contributed by atoms with E-state index >= 15 is 0 Å². The predicted molar refractivity (Wildman–Crippen MR) is 142 cm³/mol. The molecule has 2 atom stereocenters. The number of nitrogens with one attached hydrogen (secondary N) is 1. The van der Waals surface area contributed by atoms with Crippen LogP contribution in [0.1, 0.15) is 56.1 Å². The van der Waals surface area contributed by atoms with Gasteiger partial charge in [0.2, 0.25) is 5.91 Å². The number of hydrogen-bond donors (Lipinski definition) is 1. The molecule has 36 heavy (non-hydrogen) atoms. The van der Waals surface area contributed by atoms with Crippen LogP contribution in [0.2, 0.25) is 0 Å². The summed E-state index contributed by atoms with van der Waals surface area (Å²) in [7, 11) is 0. The monoisotopic (exact) mass is 487 g/mol. The van der Waals surface area contributed by atoms with E-state index in [1.165, 1.54) is 23.3 Å². The first-order chi connectivity index (χ1) is 16.9. The van der Waals surface area contributed by atoms with Crippen molar-refractivity contribution in [2.24, 2.45) is 5.41 Å². The van der Waals surface area contributed by atoms with Gasteiger partial charge in [0.05, 0.1) is 23.4 Å². The van der Waals surface area contributed by atoms with E-state index in [0.29, 0.717) is 5.75 Å². The van der Waals surface area contributed by atoms with E-state index in [-0.39, 0.29) is 23.9 Å². The highest BCUT2D eigenvalue weighted by Gasteiger charge is 2.29. The van der Waals surface area contributed by atoms with Crippen molar-refractivity contribution in [1.29, 1.82) is 0 Å². The Morgan fingerprint density at radius 2 is 1.64 bits per heavy atom. The first-order valence-corrected chi connectivity index (χ1v) is 12.2. The third-order valence-corrected chi connectivity index (χ3v) is 6.56. The van der Waals surface area contributed by atoms with Crippen LogP contribution in [0.15, 0.2) is 60.8 Å². The van der Waals surface area contributed by atoms with Crippen molar-refractivity contribution in [3.63, 3.8) is 0 Å². The molecule has 0 radical (unpaired) electrons. The van der Waals surface area contributed by atoms with Gasteiger partial charge < -0.3 is 10.1 Å². The molecule has 1 amide bonds. The van der Waals surface area contributed by atoms with Crippen LogP contribution in [0.4, 0.5) is 4.39 Å². The van der Waals surface area contributed by atoms with Crippen LogP contribution in [0.5, 0.6) is 5.75 Å². The molecule has 0 unspecified atom stereocenters. The molecule has 0 saturated carbocycles. The molecule has 1 N–H and O–H groups in total. The maximum Gasteiger partial charge on any atom is 0.225 e. The number of carbonyl (C=O) groups is 1. The average Bonchev–Trinajstić information content (AvgIpc) is 3.23. The fourth-order valence-corrected chi connectivity index (χ4v) is 4.24. The summed E-state index contributed by atoms with van der Waals surface area (Å²) in [5, 5.41) is 8.55. The second-order valence-corrected chi connectivity index (χ2v) is 10.6. The minimum atomic E-state index is -0.509. The highest BCUT2D eigenvalue weighted by molar-refractivity contribution is 5.82. The summed E-state index contributed by atoms with van der Waals surface area (Å²) in [4.78, 5) is 12.8. The largest absolute Gasteiger partial charge is 0.484 e. The molecule has 1 heterocycles. The lowest BCUT2D eigenvalue weighted by Gasteiger charge is -2.30. The Kier molecular flexibility index (Phi) is 6.90. The topological polar surface area (TPSA) is 56.1 Å². The number of aryl methyl sites for hydroxylation is 3. The molecule has 0 spiro atoms. The van der Waals surface area contributed by atoms with Gasteiger partial charge >= 0.3 is 0 Å². The molecule has 4 aromatic rings. The van der Waals surface area contributed by atoms with Gasteiger partial charge in [-0.05, 0) is 92.4 Å². The van der Waals surface area contributed by atoms with E-state index in [1.54, 1.807) is 23.0 Å². The first-order valence-electron chi connectivity index (χ1n) is 12.2. The van der Waals surface area contributed by atoms with Crippen LogP contribution in [0.25, 0.3) is 16.6 Å². The molecule has 4 rings (SSSR count). The zero-order chi connectivity index (χ0) is 26.2. The summed E-state index contributed by atoms with van der Waals surface area (Å²) >= 11 is 0. The second kappa shape index (κ2) is 9.76. The van der Waals surface area contributed by atoms with E-state index in [0.717, 1.165) is 27.7 Å². The number of halogens is 1. The van der Waals surface area contributed by atoms with Crippen LogP contribution in [0.3, 0.4) is 0 Å². The summed E-state index contributed by atoms with van der Waals surface area (Å²) in [5.41, 5.74) is 5.71. The molecule has 0 aliphatic carbocycles. The van der Waals surface area contributed by atoms with Gasteiger partial charge in [-0.3, -0.25) is 4.79 Å². The van der Waals surface area contributed by atoms with Crippen molar-refractivity contribution in [3.05, 3.63) is 88.9 Å². The van der Waals surface area contributed by atoms with Gasteiger partial charge in [-0.25, -0.2) is 9.07 Å². The molecule has 0 aliphatic rings. The Balaban J connectivity index is 1.69. The summed E-state index contributed by atoms with van der Waals surface area (Å²) in [5.74, 6) is 0.369. The Morgan fingerprint density at radius 3 is 2.31 bits per heavy atom. The van der Waals surface area contributed by atoms with Crippen LogP contribution in [-0.4, -0.2) is 21.7 Å². The Labute approximate surface area is 212 Å². The van der Waals surface area contributed by atoms with E-state index in [1.807, 2.05) is 45.9 Å². The maximum absolute atomic E-state index is 13.4. The molecule has 0 fully saturated rings. The molecule has 0 aliphatic heterocycles. The van der Waals surface area contributed by atoms with Gasteiger partial charge in [0, 0.05) is 10.8 Å². The van der Waals surface area contributed by atoms with Gasteiger partial charge in [0.15, 0.2) is 0 Å². The zero-order valence-electron chi connectivity index (χ0n) is 22.0. The van der Waals surface area contributed by atoms with Gasteiger partial charge in [-0.2, -0.15) is 5.10 Å².